The molecule has 0 radical (unpaired) electrons. The first-order valence-corrected chi connectivity index (χ1v) is 11.4. The van der Waals surface area contributed by atoms with E-state index in [1.165, 1.54) is 23.1 Å². The SMILES string of the molecule is CCCC(=O)Nc1ccc(SCC(=O)Nc2nc(-c3ccccc3OC)cs2)cc1. The molecule has 0 fully saturated rings. The third-order valence-corrected chi connectivity index (χ3v) is 5.89. The van der Waals surface area contributed by atoms with E-state index in [4.69, 9.17) is 4.74 Å². The van der Waals surface area contributed by atoms with E-state index in [2.05, 4.69) is 15.6 Å². The third kappa shape index (κ3) is 6.08. The average Bonchev–Trinajstić information content (AvgIpc) is 3.21. The van der Waals surface area contributed by atoms with E-state index in [9.17, 15) is 9.59 Å². The number of hydrogen-bond acceptors (Lipinski definition) is 6. The Labute approximate surface area is 184 Å². The lowest BCUT2D eigenvalue weighted by atomic mass is 10.1. The van der Waals surface area contributed by atoms with Crippen molar-refractivity contribution >= 4 is 45.7 Å². The number of nitrogens with zero attached hydrogens (tertiary/aromatic N) is 1. The number of aromatic nitrogens is 1. The van der Waals surface area contributed by atoms with Gasteiger partial charge in [-0.15, -0.1) is 23.1 Å². The van der Waals surface area contributed by atoms with Crippen molar-refractivity contribution in [3.8, 4) is 17.0 Å². The first-order valence-electron chi connectivity index (χ1n) is 9.50. The van der Waals surface area contributed by atoms with Crippen LogP contribution in [0.3, 0.4) is 0 Å². The van der Waals surface area contributed by atoms with Gasteiger partial charge in [-0.3, -0.25) is 9.59 Å². The van der Waals surface area contributed by atoms with E-state index < -0.39 is 0 Å². The minimum atomic E-state index is -0.124. The predicted molar refractivity (Wildman–Crippen MR) is 123 cm³/mol. The largest absolute Gasteiger partial charge is 0.496 e. The molecule has 6 nitrogen and oxygen atoms in total. The van der Waals surface area contributed by atoms with Crippen molar-refractivity contribution in [2.45, 2.75) is 24.7 Å². The number of thioether (sulfide) groups is 1. The second-order valence-corrected chi connectivity index (χ2v) is 8.30. The third-order valence-electron chi connectivity index (χ3n) is 4.12. The number of amides is 2. The molecule has 2 N–H and O–H groups in total. The first-order chi connectivity index (χ1) is 14.6. The number of rotatable bonds is 9. The molecular formula is C22H23N3O3S2. The lowest BCUT2D eigenvalue weighted by Crippen LogP contribution is -2.13. The minimum absolute atomic E-state index is 0.00761. The Morgan fingerprint density at radius 3 is 2.57 bits per heavy atom. The molecule has 3 rings (SSSR count). The van der Waals surface area contributed by atoms with Crippen molar-refractivity contribution in [1.82, 2.24) is 4.98 Å². The summed E-state index contributed by atoms with van der Waals surface area (Å²) in [6.07, 6.45) is 1.32. The molecule has 1 heterocycles. The van der Waals surface area contributed by atoms with Crippen molar-refractivity contribution in [2.75, 3.05) is 23.5 Å². The fourth-order valence-corrected chi connectivity index (χ4v) is 4.13. The number of para-hydroxylation sites is 1. The van der Waals surface area contributed by atoms with E-state index in [-0.39, 0.29) is 17.6 Å². The van der Waals surface area contributed by atoms with Gasteiger partial charge in [0.05, 0.1) is 18.6 Å². The van der Waals surface area contributed by atoms with E-state index in [1.54, 1.807) is 7.11 Å². The summed E-state index contributed by atoms with van der Waals surface area (Å²) in [5, 5.41) is 8.14. The highest BCUT2D eigenvalue weighted by molar-refractivity contribution is 8.00. The standard InChI is InChI=1S/C22H23N3O3S2/c1-3-6-20(26)23-15-9-11-16(12-10-15)29-14-21(27)25-22-24-18(13-30-22)17-7-4-5-8-19(17)28-2/h4-5,7-13H,3,6,14H2,1-2H3,(H,23,26)(H,24,25,27). The zero-order valence-corrected chi connectivity index (χ0v) is 18.4. The molecule has 0 spiro atoms. The van der Waals surface area contributed by atoms with Crippen LogP contribution in [0.2, 0.25) is 0 Å². The minimum Gasteiger partial charge on any atom is -0.496 e. The highest BCUT2D eigenvalue weighted by atomic mass is 32.2. The topological polar surface area (TPSA) is 80.3 Å². The van der Waals surface area contributed by atoms with Crippen LogP contribution in [0.15, 0.2) is 58.8 Å². The quantitative estimate of drug-likeness (QED) is 0.441. The number of carbonyl (C=O) groups excluding carboxylic acids is 2. The second-order valence-electron chi connectivity index (χ2n) is 6.40. The van der Waals surface area contributed by atoms with Gasteiger partial charge in [0.2, 0.25) is 11.8 Å². The van der Waals surface area contributed by atoms with Gasteiger partial charge in [-0.2, -0.15) is 0 Å². The fraction of sp³-hybridized carbons (Fsp3) is 0.227. The first kappa shape index (κ1) is 21.9. The number of hydrogen-bond donors (Lipinski definition) is 2. The Morgan fingerprint density at radius 1 is 1.07 bits per heavy atom. The highest BCUT2D eigenvalue weighted by Crippen LogP contribution is 2.32. The van der Waals surface area contributed by atoms with Gasteiger partial charge in [-0.1, -0.05) is 19.1 Å². The number of thiazole rings is 1. The molecule has 30 heavy (non-hydrogen) atoms. The number of benzene rings is 2. The van der Waals surface area contributed by atoms with Crippen LogP contribution in [0, 0.1) is 0 Å². The van der Waals surface area contributed by atoms with Crippen molar-refractivity contribution in [1.29, 1.82) is 0 Å². The van der Waals surface area contributed by atoms with Gasteiger partial charge in [-0.05, 0) is 42.8 Å². The van der Waals surface area contributed by atoms with E-state index >= 15 is 0 Å². The number of anilines is 2. The molecule has 0 unspecified atom stereocenters. The number of nitrogens with one attached hydrogen (secondary N) is 2. The Kier molecular flexibility index (Phi) is 7.87. The maximum atomic E-state index is 12.3. The van der Waals surface area contributed by atoms with Gasteiger partial charge < -0.3 is 15.4 Å². The summed E-state index contributed by atoms with van der Waals surface area (Å²) in [5.41, 5.74) is 2.41. The molecule has 0 saturated heterocycles. The molecule has 0 bridgehead atoms. The van der Waals surface area contributed by atoms with E-state index in [0.717, 1.165) is 34.0 Å². The molecule has 2 amide bonds. The summed E-state index contributed by atoms with van der Waals surface area (Å²) >= 11 is 2.80. The summed E-state index contributed by atoms with van der Waals surface area (Å²) in [6.45, 7) is 1.97. The Balaban J connectivity index is 1.52. The van der Waals surface area contributed by atoms with Crippen molar-refractivity contribution in [3.63, 3.8) is 0 Å². The zero-order valence-electron chi connectivity index (χ0n) is 16.8. The van der Waals surface area contributed by atoms with Gasteiger partial charge in [0.15, 0.2) is 5.13 Å². The highest BCUT2D eigenvalue weighted by Gasteiger charge is 2.11. The number of methoxy groups -OCH3 is 1. The fourth-order valence-electron chi connectivity index (χ4n) is 2.70. The van der Waals surface area contributed by atoms with Gasteiger partial charge in [0.25, 0.3) is 0 Å². The van der Waals surface area contributed by atoms with Crippen molar-refractivity contribution < 1.29 is 14.3 Å². The van der Waals surface area contributed by atoms with Crippen molar-refractivity contribution in [2.24, 2.45) is 0 Å². The summed E-state index contributed by atoms with van der Waals surface area (Å²) in [7, 11) is 1.62. The van der Waals surface area contributed by atoms with E-state index in [1.807, 2.05) is 60.8 Å². The molecule has 0 atom stereocenters. The number of ether oxygens (including phenoxy) is 1. The average molecular weight is 442 g/mol. The van der Waals surface area contributed by atoms with E-state index in [0.29, 0.717) is 11.6 Å². The van der Waals surface area contributed by atoms with Crippen molar-refractivity contribution in [3.05, 3.63) is 53.9 Å². The predicted octanol–water partition coefficient (Wildman–Crippen LogP) is 5.29. The molecule has 0 aliphatic carbocycles. The van der Waals surface area contributed by atoms with Crippen LogP contribution >= 0.6 is 23.1 Å². The molecule has 156 valence electrons. The summed E-state index contributed by atoms with van der Waals surface area (Å²) < 4.78 is 5.37. The second kappa shape index (κ2) is 10.8. The lowest BCUT2D eigenvalue weighted by Gasteiger charge is -2.06. The summed E-state index contributed by atoms with van der Waals surface area (Å²) in [6, 6.07) is 15.1. The Hall–Kier alpha value is -2.84. The summed E-state index contributed by atoms with van der Waals surface area (Å²) in [5.74, 6) is 0.894. The maximum Gasteiger partial charge on any atom is 0.236 e. The van der Waals surface area contributed by atoms with Gasteiger partial charge in [-0.25, -0.2) is 4.98 Å². The van der Waals surface area contributed by atoms with Crippen LogP contribution in [-0.4, -0.2) is 29.7 Å². The summed E-state index contributed by atoms with van der Waals surface area (Å²) in [4.78, 5) is 29.4. The van der Waals surface area contributed by atoms with Crippen LogP contribution in [0.5, 0.6) is 5.75 Å². The monoisotopic (exact) mass is 441 g/mol. The molecule has 3 aromatic rings. The number of carbonyl (C=O) groups is 2. The molecule has 0 saturated carbocycles. The van der Waals surface area contributed by atoms with Gasteiger partial charge in [0, 0.05) is 27.9 Å². The van der Waals surface area contributed by atoms with Crippen LogP contribution < -0.4 is 15.4 Å². The van der Waals surface area contributed by atoms with Crippen LogP contribution in [0.1, 0.15) is 19.8 Å². The van der Waals surface area contributed by atoms with Gasteiger partial charge >= 0.3 is 0 Å². The van der Waals surface area contributed by atoms with Crippen LogP contribution in [0.25, 0.3) is 11.3 Å². The zero-order chi connectivity index (χ0) is 21.3. The lowest BCUT2D eigenvalue weighted by molar-refractivity contribution is -0.116. The molecule has 0 aliphatic heterocycles. The van der Waals surface area contributed by atoms with Crippen LogP contribution in [-0.2, 0) is 9.59 Å². The Morgan fingerprint density at radius 2 is 1.83 bits per heavy atom. The normalized spacial score (nSPS) is 10.5. The molecule has 1 aromatic heterocycles. The van der Waals surface area contributed by atoms with Gasteiger partial charge in [0.1, 0.15) is 5.75 Å². The molecule has 8 heteroatoms. The molecule has 0 aliphatic rings. The maximum absolute atomic E-state index is 12.3. The molecule has 2 aromatic carbocycles. The smallest absolute Gasteiger partial charge is 0.236 e. The van der Waals surface area contributed by atoms with Crippen LogP contribution in [0.4, 0.5) is 10.8 Å². The molecular weight excluding hydrogens is 418 g/mol. The Bertz CT molecular complexity index is 1000.